The SMILES string of the molecule is CC[N+]1=C2CC(c3ccccc3)C3CN(C)CC3C2CCC1.Cl.[Cl-]. The molecule has 1 aromatic carbocycles. The Kier molecular flexibility index (Phi) is 6.75. The summed E-state index contributed by atoms with van der Waals surface area (Å²) in [5.41, 5.74) is 3.36. The topological polar surface area (TPSA) is 6.25 Å². The van der Waals surface area contributed by atoms with Gasteiger partial charge in [0, 0.05) is 31.8 Å². The molecule has 0 spiro atoms. The fourth-order valence-corrected chi connectivity index (χ4v) is 5.51. The van der Waals surface area contributed by atoms with E-state index in [9.17, 15) is 0 Å². The number of likely N-dealkylation sites (tertiary alicyclic amines) is 1. The summed E-state index contributed by atoms with van der Waals surface area (Å²) in [5.74, 6) is 3.34. The maximum absolute atomic E-state index is 2.71. The molecule has 1 aromatic rings. The molecule has 1 saturated heterocycles. The molecule has 2 nitrogen and oxygen atoms in total. The molecule has 4 unspecified atom stereocenters. The highest BCUT2D eigenvalue weighted by atomic mass is 35.5. The van der Waals surface area contributed by atoms with Crippen molar-refractivity contribution in [2.45, 2.75) is 32.1 Å². The van der Waals surface area contributed by atoms with E-state index in [1.54, 1.807) is 11.3 Å². The summed E-state index contributed by atoms with van der Waals surface area (Å²) in [7, 11) is 2.32. The lowest BCUT2D eigenvalue weighted by atomic mass is 9.63. The van der Waals surface area contributed by atoms with Gasteiger partial charge in [-0.2, -0.15) is 0 Å². The molecule has 24 heavy (non-hydrogen) atoms. The standard InChI is InChI=1S/C20H29N2.2ClH/c1-3-22-11-7-10-16-18-13-21(2)14-19(18)17(12-20(16)22)15-8-5-4-6-9-15;;/h4-6,8-9,16-19H,3,7,10-14H2,1-2H3;2*1H/q+1;;/p-1. The first-order valence-corrected chi connectivity index (χ1v) is 9.12. The minimum absolute atomic E-state index is 0. The third kappa shape index (κ3) is 3.38. The molecule has 1 saturated carbocycles. The van der Waals surface area contributed by atoms with E-state index in [0.717, 1.165) is 23.7 Å². The number of hydrogen-bond donors (Lipinski definition) is 0. The first-order valence-electron chi connectivity index (χ1n) is 9.12. The van der Waals surface area contributed by atoms with Crippen molar-refractivity contribution < 1.29 is 17.0 Å². The maximum atomic E-state index is 2.71. The van der Waals surface area contributed by atoms with Crippen LogP contribution in [0, 0.1) is 17.8 Å². The number of nitrogens with zero attached hydrogens (tertiary/aromatic N) is 2. The van der Waals surface area contributed by atoms with Crippen molar-refractivity contribution in [1.29, 1.82) is 0 Å². The lowest BCUT2D eigenvalue weighted by molar-refractivity contribution is -0.534. The van der Waals surface area contributed by atoms with Crippen molar-refractivity contribution in [3.63, 3.8) is 0 Å². The number of benzene rings is 1. The summed E-state index contributed by atoms with van der Waals surface area (Å²) >= 11 is 0. The van der Waals surface area contributed by atoms with Gasteiger partial charge in [0.25, 0.3) is 0 Å². The van der Waals surface area contributed by atoms with Crippen LogP contribution in [-0.2, 0) is 0 Å². The van der Waals surface area contributed by atoms with Crippen molar-refractivity contribution in [1.82, 2.24) is 4.90 Å². The maximum Gasteiger partial charge on any atom is 0.156 e. The monoisotopic (exact) mass is 368 g/mol. The van der Waals surface area contributed by atoms with Crippen molar-refractivity contribution in [2.75, 3.05) is 33.2 Å². The van der Waals surface area contributed by atoms with Crippen molar-refractivity contribution in [3.8, 4) is 0 Å². The highest BCUT2D eigenvalue weighted by Gasteiger charge is 2.50. The molecule has 1 aliphatic carbocycles. The highest BCUT2D eigenvalue weighted by molar-refractivity contribution is 5.85. The van der Waals surface area contributed by atoms with Crippen LogP contribution in [0.5, 0.6) is 0 Å². The molecule has 2 fully saturated rings. The molecule has 0 radical (unpaired) electrons. The Labute approximate surface area is 159 Å². The second-order valence-corrected chi connectivity index (χ2v) is 7.59. The van der Waals surface area contributed by atoms with Crippen LogP contribution in [0.2, 0.25) is 0 Å². The van der Waals surface area contributed by atoms with Crippen LogP contribution in [0.25, 0.3) is 0 Å². The fraction of sp³-hybridized carbons (Fsp3) is 0.650. The molecule has 0 N–H and O–H groups in total. The van der Waals surface area contributed by atoms with Gasteiger partial charge in [-0.05, 0) is 43.7 Å². The third-order valence-electron chi connectivity index (χ3n) is 6.44. The molecule has 0 aromatic heterocycles. The van der Waals surface area contributed by atoms with Gasteiger partial charge in [-0.1, -0.05) is 30.3 Å². The highest BCUT2D eigenvalue weighted by Crippen LogP contribution is 2.48. The summed E-state index contributed by atoms with van der Waals surface area (Å²) in [6.07, 6.45) is 4.13. The average molecular weight is 369 g/mol. The number of hydrogen-bond acceptors (Lipinski definition) is 1. The van der Waals surface area contributed by atoms with Crippen LogP contribution in [0.3, 0.4) is 0 Å². The van der Waals surface area contributed by atoms with E-state index in [4.69, 9.17) is 0 Å². The van der Waals surface area contributed by atoms with E-state index in [1.807, 2.05) is 0 Å². The second kappa shape index (κ2) is 8.21. The number of halogens is 2. The Morgan fingerprint density at radius 3 is 2.42 bits per heavy atom. The predicted octanol–water partition coefficient (Wildman–Crippen LogP) is 0.661. The summed E-state index contributed by atoms with van der Waals surface area (Å²) < 4.78 is 2.71. The van der Waals surface area contributed by atoms with Crippen LogP contribution >= 0.6 is 12.4 Å². The summed E-state index contributed by atoms with van der Waals surface area (Å²) in [4.78, 5) is 2.58. The molecule has 4 atom stereocenters. The van der Waals surface area contributed by atoms with E-state index in [-0.39, 0.29) is 24.8 Å². The number of rotatable bonds is 2. The Bertz CT molecular complexity index is 572. The lowest BCUT2D eigenvalue weighted by Gasteiger charge is -2.40. The lowest BCUT2D eigenvalue weighted by Crippen LogP contribution is -3.00. The molecule has 2 aliphatic heterocycles. The Morgan fingerprint density at radius 1 is 1.08 bits per heavy atom. The van der Waals surface area contributed by atoms with Crippen LogP contribution in [0.1, 0.15) is 37.7 Å². The number of fused-ring (bicyclic) bond motifs is 3. The van der Waals surface area contributed by atoms with Crippen molar-refractivity contribution in [2.24, 2.45) is 17.8 Å². The van der Waals surface area contributed by atoms with E-state index < -0.39 is 0 Å². The zero-order valence-electron chi connectivity index (χ0n) is 14.8. The van der Waals surface area contributed by atoms with Crippen LogP contribution in [0.15, 0.2) is 30.3 Å². The van der Waals surface area contributed by atoms with Crippen LogP contribution in [-0.4, -0.2) is 48.4 Å². The molecule has 4 rings (SSSR count). The zero-order chi connectivity index (χ0) is 15.1. The van der Waals surface area contributed by atoms with Gasteiger partial charge < -0.3 is 17.3 Å². The summed E-state index contributed by atoms with van der Waals surface area (Å²) in [6, 6.07) is 11.3. The van der Waals surface area contributed by atoms with Gasteiger partial charge in [-0.3, -0.25) is 0 Å². The third-order valence-corrected chi connectivity index (χ3v) is 6.44. The zero-order valence-corrected chi connectivity index (χ0v) is 16.4. The molecule has 0 amide bonds. The minimum atomic E-state index is 0. The predicted molar refractivity (Wildman–Crippen MR) is 98.9 cm³/mol. The first kappa shape index (κ1) is 19.8. The normalized spacial score (nSPS) is 32.4. The smallest absolute Gasteiger partial charge is 0.156 e. The molecule has 134 valence electrons. The van der Waals surface area contributed by atoms with Gasteiger partial charge >= 0.3 is 0 Å². The quantitative estimate of drug-likeness (QED) is 0.695. The van der Waals surface area contributed by atoms with Crippen molar-refractivity contribution in [3.05, 3.63) is 35.9 Å². The van der Waals surface area contributed by atoms with Crippen LogP contribution < -0.4 is 12.4 Å². The molecule has 0 bridgehead atoms. The Morgan fingerprint density at radius 2 is 1.75 bits per heavy atom. The molecular formula is C20H30Cl2N2. The first-order chi connectivity index (χ1) is 10.8. The van der Waals surface area contributed by atoms with Gasteiger partial charge in [0.05, 0.1) is 0 Å². The Balaban J connectivity index is 0.00000104. The second-order valence-electron chi connectivity index (χ2n) is 7.59. The van der Waals surface area contributed by atoms with Crippen molar-refractivity contribution >= 4 is 18.1 Å². The van der Waals surface area contributed by atoms with E-state index >= 15 is 0 Å². The van der Waals surface area contributed by atoms with Gasteiger partial charge in [0.15, 0.2) is 5.71 Å². The van der Waals surface area contributed by atoms with Crippen LogP contribution in [0.4, 0.5) is 0 Å². The van der Waals surface area contributed by atoms with Gasteiger partial charge in [0.2, 0.25) is 0 Å². The summed E-state index contributed by atoms with van der Waals surface area (Å²) in [5, 5.41) is 0. The molecule has 4 heteroatoms. The summed E-state index contributed by atoms with van der Waals surface area (Å²) in [6.45, 7) is 7.41. The molecule has 3 aliphatic rings. The van der Waals surface area contributed by atoms with Gasteiger partial charge in [-0.15, -0.1) is 12.4 Å². The average Bonchev–Trinajstić information content (AvgIpc) is 2.96. The van der Waals surface area contributed by atoms with Gasteiger partial charge in [-0.25, -0.2) is 4.58 Å². The van der Waals surface area contributed by atoms with Gasteiger partial charge in [0.1, 0.15) is 13.1 Å². The fourth-order valence-electron chi connectivity index (χ4n) is 5.51. The molecular weight excluding hydrogens is 339 g/mol. The largest absolute Gasteiger partial charge is 1.00 e. The molecule has 2 heterocycles. The van der Waals surface area contributed by atoms with E-state index in [1.165, 1.54) is 45.4 Å². The Hall–Kier alpha value is -0.570. The minimum Gasteiger partial charge on any atom is -1.00 e. The van der Waals surface area contributed by atoms with E-state index in [2.05, 4.69) is 53.8 Å². The van der Waals surface area contributed by atoms with E-state index in [0.29, 0.717) is 0 Å².